The maximum atomic E-state index is 6.09. The van der Waals surface area contributed by atoms with Gasteiger partial charge in [0.05, 0.1) is 11.4 Å². The maximum absolute atomic E-state index is 6.09. The molecule has 3 rings (SSSR count). The second-order valence-electron chi connectivity index (χ2n) is 5.15. The van der Waals surface area contributed by atoms with Crippen LogP contribution >= 0.6 is 0 Å². The average Bonchev–Trinajstić information content (AvgIpc) is 2.77. The van der Waals surface area contributed by atoms with Gasteiger partial charge in [0.1, 0.15) is 0 Å². The first-order valence-electron chi connectivity index (χ1n) is 6.47. The van der Waals surface area contributed by atoms with E-state index in [1.165, 1.54) is 44.3 Å². The fraction of sp³-hybridized carbons (Fsp3) is 0.571. The van der Waals surface area contributed by atoms with Crippen molar-refractivity contribution in [3.05, 3.63) is 24.3 Å². The third-order valence-electron chi connectivity index (χ3n) is 4.24. The highest BCUT2D eigenvalue weighted by atomic mass is 15.2. The summed E-state index contributed by atoms with van der Waals surface area (Å²) in [5.74, 6) is 0.924. The number of rotatable bonds is 1. The first kappa shape index (κ1) is 10.0. The SMILES string of the molecule is Nc1ccccc1N1CCCC2CCCC21. The van der Waals surface area contributed by atoms with E-state index >= 15 is 0 Å². The number of nitrogens with zero attached hydrogens (tertiary/aromatic N) is 1. The van der Waals surface area contributed by atoms with E-state index in [0.29, 0.717) is 0 Å². The van der Waals surface area contributed by atoms with Gasteiger partial charge in [0.15, 0.2) is 0 Å². The summed E-state index contributed by atoms with van der Waals surface area (Å²) in [6.07, 6.45) is 6.94. The molecule has 2 N–H and O–H groups in total. The summed E-state index contributed by atoms with van der Waals surface area (Å²) in [6, 6.07) is 9.08. The van der Waals surface area contributed by atoms with Crippen LogP contribution in [0.15, 0.2) is 24.3 Å². The van der Waals surface area contributed by atoms with Crippen LogP contribution in [0.1, 0.15) is 32.1 Å². The molecule has 2 atom stereocenters. The lowest BCUT2D eigenvalue weighted by Gasteiger charge is -2.40. The first-order valence-corrected chi connectivity index (χ1v) is 6.47. The highest BCUT2D eigenvalue weighted by Crippen LogP contribution is 2.40. The van der Waals surface area contributed by atoms with E-state index in [2.05, 4.69) is 17.0 Å². The summed E-state index contributed by atoms with van der Waals surface area (Å²) in [4.78, 5) is 2.57. The summed E-state index contributed by atoms with van der Waals surface area (Å²) in [6.45, 7) is 1.19. The van der Waals surface area contributed by atoms with Gasteiger partial charge in [0, 0.05) is 12.6 Å². The Balaban J connectivity index is 1.91. The van der Waals surface area contributed by atoms with E-state index in [9.17, 15) is 0 Å². The van der Waals surface area contributed by atoms with Crippen LogP contribution in [-0.2, 0) is 0 Å². The van der Waals surface area contributed by atoms with Crippen LogP contribution in [0.3, 0.4) is 0 Å². The Morgan fingerprint density at radius 3 is 2.75 bits per heavy atom. The van der Waals surface area contributed by atoms with Crippen LogP contribution in [0.4, 0.5) is 11.4 Å². The summed E-state index contributed by atoms with van der Waals surface area (Å²) in [5.41, 5.74) is 8.30. The Kier molecular flexibility index (Phi) is 2.50. The van der Waals surface area contributed by atoms with Crippen LogP contribution in [0.2, 0.25) is 0 Å². The standard InChI is InChI=1S/C14H20N2/c15-12-7-1-2-8-14(12)16-10-4-6-11-5-3-9-13(11)16/h1-2,7-8,11,13H,3-6,9-10,15H2. The summed E-state index contributed by atoms with van der Waals surface area (Å²) in [7, 11) is 0. The first-order chi connectivity index (χ1) is 7.86. The fourth-order valence-electron chi connectivity index (χ4n) is 3.50. The van der Waals surface area contributed by atoms with Crippen molar-refractivity contribution in [3.8, 4) is 0 Å². The van der Waals surface area contributed by atoms with Crippen molar-refractivity contribution in [2.24, 2.45) is 5.92 Å². The van der Waals surface area contributed by atoms with Crippen molar-refractivity contribution in [1.82, 2.24) is 0 Å². The average molecular weight is 216 g/mol. The van der Waals surface area contributed by atoms with Crippen molar-refractivity contribution < 1.29 is 0 Å². The summed E-state index contributed by atoms with van der Waals surface area (Å²) < 4.78 is 0. The molecular formula is C14H20N2. The number of piperidine rings is 1. The molecule has 1 aliphatic heterocycles. The minimum Gasteiger partial charge on any atom is -0.397 e. The van der Waals surface area contributed by atoms with E-state index in [-0.39, 0.29) is 0 Å². The largest absolute Gasteiger partial charge is 0.397 e. The van der Waals surface area contributed by atoms with Gasteiger partial charge in [0.2, 0.25) is 0 Å². The number of nitrogen functional groups attached to an aromatic ring is 1. The molecule has 0 aromatic heterocycles. The van der Waals surface area contributed by atoms with E-state index in [1.807, 2.05) is 12.1 Å². The van der Waals surface area contributed by atoms with Crippen LogP contribution in [0.5, 0.6) is 0 Å². The Hall–Kier alpha value is -1.18. The van der Waals surface area contributed by atoms with Crippen molar-refractivity contribution in [2.75, 3.05) is 17.2 Å². The van der Waals surface area contributed by atoms with Gasteiger partial charge in [-0.2, -0.15) is 0 Å². The third-order valence-corrected chi connectivity index (χ3v) is 4.24. The number of nitrogens with two attached hydrogens (primary N) is 1. The van der Waals surface area contributed by atoms with Crippen molar-refractivity contribution in [3.63, 3.8) is 0 Å². The molecule has 0 bridgehead atoms. The third kappa shape index (κ3) is 1.57. The maximum Gasteiger partial charge on any atom is 0.0602 e. The molecular weight excluding hydrogens is 196 g/mol. The summed E-state index contributed by atoms with van der Waals surface area (Å²) in [5, 5.41) is 0. The number of anilines is 2. The van der Waals surface area contributed by atoms with Gasteiger partial charge >= 0.3 is 0 Å². The number of hydrogen-bond donors (Lipinski definition) is 1. The van der Waals surface area contributed by atoms with Crippen LogP contribution in [-0.4, -0.2) is 12.6 Å². The lowest BCUT2D eigenvalue weighted by Crippen LogP contribution is -2.42. The van der Waals surface area contributed by atoms with E-state index in [0.717, 1.165) is 17.6 Å². The highest BCUT2D eigenvalue weighted by molar-refractivity contribution is 5.68. The molecule has 16 heavy (non-hydrogen) atoms. The molecule has 1 aliphatic carbocycles. The molecule has 0 spiro atoms. The monoisotopic (exact) mass is 216 g/mol. The van der Waals surface area contributed by atoms with Gasteiger partial charge in [-0.15, -0.1) is 0 Å². The molecule has 1 aromatic rings. The molecule has 2 fully saturated rings. The Labute approximate surface area is 97.4 Å². The van der Waals surface area contributed by atoms with Crippen LogP contribution in [0, 0.1) is 5.92 Å². The second-order valence-corrected chi connectivity index (χ2v) is 5.15. The predicted octanol–water partition coefficient (Wildman–Crippen LogP) is 3.04. The van der Waals surface area contributed by atoms with Gasteiger partial charge in [-0.25, -0.2) is 0 Å². The van der Waals surface area contributed by atoms with E-state index in [1.54, 1.807) is 0 Å². The highest BCUT2D eigenvalue weighted by Gasteiger charge is 2.35. The zero-order valence-electron chi connectivity index (χ0n) is 9.73. The lowest BCUT2D eigenvalue weighted by molar-refractivity contribution is 0.363. The van der Waals surface area contributed by atoms with Crippen molar-refractivity contribution >= 4 is 11.4 Å². The lowest BCUT2D eigenvalue weighted by atomic mass is 9.91. The molecule has 1 heterocycles. The molecule has 2 unspecified atom stereocenters. The molecule has 1 saturated heterocycles. The minimum absolute atomic E-state index is 0.762. The topological polar surface area (TPSA) is 29.3 Å². The van der Waals surface area contributed by atoms with Gasteiger partial charge in [-0.05, 0) is 43.7 Å². The second kappa shape index (κ2) is 4.00. The molecule has 86 valence electrons. The Morgan fingerprint density at radius 2 is 1.88 bits per heavy atom. The predicted molar refractivity (Wildman–Crippen MR) is 68.6 cm³/mol. The molecule has 1 aromatic carbocycles. The quantitative estimate of drug-likeness (QED) is 0.731. The molecule has 1 saturated carbocycles. The number of hydrogen-bond acceptors (Lipinski definition) is 2. The van der Waals surface area contributed by atoms with E-state index in [4.69, 9.17) is 5.73 Å². The normalized spacial score (nSPS) is 29.1. The van der Waals surface area contributed by atoms with Crippen LogP contribution in [0.25, 0.3) is 0 Å². The zero-order valence-corrected chi connectivity index (χ0v) is 9.73. The molecule has 2 aliphatic rings. The number of para-hydroxylation sites is 2. The molecule has 0 radical (unpaired) electrons. The molecule has 0 amide bonds. The number of benzene rings is 1. The van der Waals surface area contributed by atoms with Gasteiger partial charge in [0.25, 0.3) is 0 Å². The Bertz CT molecular complexity index is 375. The van der Waals surface area contributed by atoms with Gasteiger partial charge in [-0.1, -0.05) is 18.6 Å². The van der Waals surface area contributed by atoms with Crippen molar-refractivity contribution in [2.45, 2.75) is 38.1 Å². The van der Waals surface area contributed by atoms with Gasteiger partial charge < -0.3 is 10.6 Å². The molecule has 2 nitrogen and oxygen atoms in total. The Morgan fingerprint density at radius 1 is 1.06 bits per heavy atom. The number of fused-ring (bicyclic) bond motifs is 1. The minimum atomic E-state index is 0.762. The fourth-order valence-corrected chi connectivity index (χ4v) is 3.50. The van der Waals surface area contributed by atoms with Gasteiger partial charge in [-0.3, -0.25) is 0 Å². The van der Waals surface area contributed by atoms with Crippen molar-refractivity contribution in [1.29, 1.82) is 0 Å². The van der Waals surface area contributed by atoms with Crippen LogP contribution < -0.4 is 10.6 Å². The summed E-state index contributed by atoms with van der Waals surface area (Å²) >= 11 is 0. The van der Waals surface area contributed by atoms with E-state index < -0.39 is 0 Å². The zero-order chi connectivity index (χ0) is 11.0. The molecule has 2 heteroatoms. The smallest absolute Gasteiger partial charge is 0.0602 e.